The van der Waals surface area contributed by atoms with E-state index < -0.39 is 5.60 Å². The van der Waals surface area contributed by atoms with Gasteiger partial charge in [-0.1, -0.05) is 43.0 Å². The van der Waals surface area contributed by atoms with E-state index >= 15 is 0 Å². The Morgan fingerprint density at radius 1 is 1.09 bits per heavy atom. The van der Waals surface area contributed by atoms with Crippen molar-refractivity contribution in [3.63, 3.8) is 0 Å². The second-order valence-electron chi connectivity index (χ2n) is 14.1. The Morgan fingerprint density at radius 3 is 2.57 bits per heavy atom. The predicted molar refractivity (Wildman–Crippen MR) is 202 cm³/mol. The van der Waals surface area contributed by atoms with Crippen LogP contribution in [0.1, 0.15) is 50.4 Å². The fourth-order valence-corrected chi connectivity index (χ4v) is 7.25. The molecule has 0 saturated carbocycles. The predicted octanol–water partition coefficient (Wildman–Crippen LogP) is 4.55. The van der Waals surface area contributed by atoms with E-state index in [-0.39, 0.29) is 30.5 Å². The van der Waals surface area contributed by atoms with Crippen LogP contribution < -0.4 is 10.1 Å². The van der Waals surface area contributed by atoms with Gasteiger partial charge in [-0.05, 0) is 56.9 Å². The molecular weight excluding hydrogens is 670 g/mol. The van der Waals surface area contributed by atoms with E-state index in [9.17, 15) is 9.59 Å². The molecule has 2 aliphatic heterocycles. The largest absolute Gasteiger partial charge is 0.475 e. The topological polar surface area (TPSA) is 143 Å². The molecule has 1 saturated heterocycles. The van der Waals surface area contributed by atoms with Crippen LogP contribution in [-0.2, 0) is 27.3 Å². The number of hydrogen-bond acceptors (Lipinski definition) is 9. The number of nitrogens with one attached hydrogen (secondary N) is 2. The first-order chi connectivity index (χ1) is 25.6. The van der Waals surface area contributed by atoms with Crippen LogP contribution in [0.15, 0.2) is 73.2 Å². The zero-order chi connectivity index (χ0) is 37.1. The molecule has 4 aromatic rings. The van der Waals surface area contributed by atoms with Gasteiger partial charge in [-0.25, -0.2) is 9.97 Å². The number of likely N-dealkylation sites (tertiary alicyclic amines) is 1. The van der Waals surface area contributed by atoms with E-state index in [2.05, 4.69) is 60.3 Å². The third-order valence-corrected chi connectivity index (χ3v) is 10.3. The van der Waals surface area contributed by atoms with Gasteiger partial charge >= 0.3 is 0 Å². The van der Waals surface area contributed by atoms with Crippen LogP contribution in [0.2, 0.25) is 0 Å². The highest BCUT2D eigenvalue weighted by Crippen LogP contribution is 2.33. The van der Waals surface area contributed by atoms with Crippen molar-refractivity contribution in [2.24, 2.45) is 0 Å². The zero-order valence-corrected chi connectivity index (χ0v) is 30.8. The molecule has 5 heterocycles. The normalized spacial score (nSPS) is 20.0. The van der Waals surface area contributed by atoms with Crippen molar-refractivity contribution < 1.29 is 19.1 Å². The molecule has 1 unspecified atom stereocenters. The highest BCUT2D eigenvalue weighted by Gasteiger charge is 2.44. The van der Waals surface area contributed by atoms with E-state index in [0.717, 1.165) is 46.6 Å². The monoisotopic (exact) mass is 717 g/mol. The number of fused-ring (bicyclic) bond motifs is 1. The van der Waals surface area contributed by atoms with Crippen molar-refractivity contribution in [3.8, 4) is 28.5 Å². The van der Waals surface area contributed by atoms with Gasteiger partial charge in [0, 0.05) is 80.8 Å². The fourth-order valence-electron chi connectivity index (χ4n) is 7.25. The van der Waals surface area contributed by atoms with E-state index in [1.807, 2.05) is 66.8 Å². The van der Waals surface area contributed by atoms with Crippen LogP contribution in [0.4, 0.5) is 0 Å². The summed E-state index contributed by atoms with van der Waals surface area (Å²) in [4.78, 5) is 39.9. The van der Waals surface area contributed by atoms with Crippen molar-refractivity contribution in [1.29, 1.82) is 0 Å². The zero-order valence-electron chi connectivity index (χ0n) is 30.8. The Labute approximate surface area is 309 Å². The molecule has 0 radical (unpaired) electrons. The Balaban J connectivity index is 0.915. The molecule has 13 nitrogen and oxygen atoms in total. The highest BCUT2D eigenvalue weighted by molar-refractivity contribution is 5.95. The SMILES string of the molecule is C=C(C(=O)NC1C=Cc2[nH]nc(-c3ccc(OC(C)C)nc3)c2C1)[C@]1(OC)CCN(CC(=O)N2CC=C(c3ccc(-c4ncn(CC)n4)cc3)CC2)C1. The second-order valence-corrected chi connectivity index (χ2v) is 14.1. The van der Waals surface area contributed by atoms with Gasteiger partial charge in [0.25, 0.3) is 0 Å². The van der Waals surface area contributed by atoms with E-state index in [1.165, 1.54) is 5.57 Å². The summed E-state index contributed by atoms with van der Waals surface area (Å²) in [5.74, 6) is 1.07. The van der Waals surface area contributed by atoms with Gasteiger partial charge in [0.1, 0.15) is 11.9 Å². The van der Waals surface area contributed by atoms with Crippen LogP contribution in [0.5, 0.6) is 5.88 Å². The van der Waals surface area contributed by atoms with Gasteiger partial charge in [-0.3, -0.25) is 24.3 Å². The van der Waals surface area contributed by atoms with E-state index in [1.54, 1.807) is 19.6 Å². The third kappa shape index (κ3) is 7.72. The number of ether oxygens (including phenoxy) is 2. The number of methoxy groups -OCH3 is 1. The van der Waals surface area contributed by atoms with Gasteiger partial charge in [0.05, 0.1) is 30.1 Å². The summed E-state index contributed by atoms with van der Waals surface area (Å²) in [6.45, 7) is 13.4. The minimum absolute atomic E-state index is 0.0343. The number of benzene rings is 1. The molecule has 53 heavy (non-hydrogen) atoms. The van der Waals surface area contributed by atoms with Crippen molar-refractivity contribution in [1.82, 2.24) is 45.1 Å². The maximum absolute atomic E-state index is 13.6. The second kappa shape index (κ2) is 15.3. The fraction of sp³-hybridized carbons (Fsp3) is 0.400. The van der Waals surface area contributed by atoms with Crippen LogP contribution in [0, 0.1) is 0 Å². The first-order valence-corrected chi connectivity index (χ1v) is 18.3. The third-order valence-electron chi connectivity index (χ3n) is 10.3. The number of nitrogens with zero attached hydrogens (tertiary/aromatic N) is 7. The molecule has 1 fully saturated rings. The summed E-state index contributed by atoms with van der Waals surface area (Å²) < 4.78 is 13.5. The standard InChI is InChI=1S/C40H47N9O4/c1-6-49-25-42-38(46-49)30-9-7-28(8-10-30)29-15-18-48(19-16-29)36(50)23-47-20-17-40(24-47,52-5)27(4)39(51)43-32-12-13-34-33(21-32)37(45-44-34)31-11-14-35(41-22-31)53-26(2)3/h7-15,22,25-26,32H,4,6,16-21,23-24H2,1-3,5H3,(H,43,51)(H,44,45)/t32?,40-/m0/s1. The molecule has 1 aromatic carbocycles. The average Bonchev–Trinajstić information content (AvgIpc) is 3.94. The summed E-state index contributed by atoms with van der Waals surface area (Å²) >= 11 is 0. The maximum atomic E-state index is 13.6. The lowest BCUT2D eigenvalue weighted by molar-refractivity contribution is -0.131. The molecule has 13 heteroatoms. The Hall–Kier alpha value is -5.40. The average molecular weight is 718 g/mol. The van der Waals surface area contributed by atoms with Crippen LogP contribution in [0.25, 0.3) is 34.3 Å². The van der Waals surface area contributed by atoms with E-state index in [0.29, 0.717) is 56.3 Å². The molecule has 3 aromatic heterocycles. The number of pyridine rings is 1. The number of H-pyrrole nitrogens is 1. The molecule has 2 atom stereocenters. The number of carbonyl (C=O) groups is 2. The lowest BCUT2D eigenvalue weighted by atomic mass is 9.91. The molecule has 7 rings (SSSR count). The van der Waals surface area contributed by atoms with Gasteiger partial charge < -0.3 is 19.7 Å². The van der Waals surface area contributed by atoms with Gasteiger partial charge in [0.2, 0.25) is 17.7 Å². The molecule has 276 valence electrons. The Bertz CT molecular complexity index is 2030. The molecule has 0 spiro atoms. The van der Waals surface area contributed by atoms with Crippen molar-refractivity contribution >= 4 is 23.5 Å². The van der Waals surface area contributed by atoms with Gasteiger partial charge in [-0.15, -0.1) is 0 Å². The number of amides is 2. The number of carbonyl (C=O) groups excluding carboxylic acids is 2. The number of aromatic nitrogens is 6. The highest BCUT2D eigenvalue weighted by atomic mass is 16.5. The quantitative estimate of drug-likeness (QED) is 0.202. The molecular formula is C40H47N9O4. The minimum atomic E-state index is -0.883. The van der Waals surface area contributed by atoms with Crippen LogP contribution >= 0.6 is 0 Å². The Morgan fingerprint density at radius 2 is 1.89 bits per heavy atom. The van der Waals surface area contributed by atoms with Crippen LogP contribution in [0.3, 0.4) is 0 Å². The lowest BCUT2D eigenvalue weighted by Gasteiger charge is -2.31. The first-order valence-electron chi connectivity index (χ1n) is 18.3. The van der Waals surface area contributed by atoms with E-state index in [4.69, 9.17) is 9.47 Å². The summed E-state index contributed by atoms with van der Waals surface area (Å²) in [6, 6.07) is 11.8. The molecule has 2 N–H and O–H groups in total. The lowest BCUT2D eigenvalue weighted by Crippen LogP contribution is -2.47. The van der Waals surface area contributed by atoms with Crippen molar-refractivity contribution in [2.75, 3.05) is 39.8 Å². The van der Waals surface area contributed by atoms with Crippen LogP contribution in [-0.4, -0.2) is 109 Å². The summed E-state index contributed by atoms with van der Waals surface area (Å²) in [5.41, 5.74) is 6.39. The van der Waals surface area contributed by atoms with Gasteiger partial charge in [-0.2, -0.15) is 10.2 Å². The van der Waals surface area contributed by atoms with Crippen molar-refractivity contribution in [3.05, 3.63) is 90.0 Å². The number of aromatic amines is 1. The number of aryl methyl sites for hydroxylation is 1. The van der Waals surface area contributed by atoms with Crippen molar-refractivity contribution in [2.45, 2.75) is 64.3 Å². The minimum Gasteiger partial charge on any atom is -0.475 e. The molecule has 1 aliphatic carbocycles. The van der Waals surface area contributed by atoms with Gasteiger partial charge in [0.15, 0.2) is 5.82 Å². The Kier molecular flexibility index (Phi) is 10.4. The molecule has 3 aliphatic rings. The number of rotatable bonds is 12. The molecule has 0 bridgehead atoms. The smallest absolute Gasteiger partial charge is 0.250 e. The maximum Gasteiger partial charge on any atom is 0.250 e. The first kappa shape index (κ1) is 36.0. The molecule has 2 amide bonds. The summed E-state index contributed by atoms with van der Waals surface area (Å²) in [6.07, 6.45) is 11.5. The summed E-state index contributed by atoms with van der Waals surface area (Å²) in [7, 11) is 1.61. The number of hydrogen-bond donors (Lipinski definition) is 2. The summed E-state index contributed by atoms with van der Waals surface area (Å²) in [5, 5.41) is 15.3.